The summed E-state index contributed by atoms with van der Waals surface area (Å²) in [5.41, 5.74) is 8.26. The first kappa shape index (κ1) is 23.1. The van der Waals surface area contributed by atoms with E-state index >= 15 is 0 Å². The van der Waals surface area contributed by atoms with Gasteiger partial charge in [-0.1, -0.05) is 31.2 Å². The summed E-state index contributed by atoms with van der Waals surface area (Å²) in [5.74, 6) is 0.471. The van der Waals surface area contributed by atoms with Crippen molar-refractivity contribution in [2.75, 3.05) is 13.2 Å². The molecule has 0 aliphatic carbocycles. The highest BCUT2D eigenvalue weighted by atomic mass is 79.9. The molecule has 0 radical (unpaired) electrons. The van der Waals surface area contributed by atoms with Gasteiger partial charge in [-0.3, -0.25) is 9.89 Å². The van der Waals surface area contributed by atoms with E-state index < -0.39 is 0 Å². The van der Waals surface area contributed by atoms with Gasteiger partial charge in [0.05, 0.1) is 4.47 Å². The zero-order valence-corrected chi connectivity index (χ0v) is 18.9. The van der Waals surface area contributed by atoms with E-state index in [1.54, 1.807) is 0 Å². The lowest BCUT2D eigenvalue weighted by atomic mass is 10.1. The Kier molecular flexibility index (Phi) is 9.34. The summed E-state index contributed by atoms with van der Waals surface area (Å²) in [6.07, 6.45) is 4.78. The van der Waals surface area contributed by atoms with Crippen LogP contribution in [0, 0.1) is 6.92 Å². The van der Waals surface area contributed by atoms with E-state index in [2.05, 4.69) is 36.4 Å². The molecule has 29 heavy (non-hydrogen) atoms. The van der Waals surface area contributed by atoms with Crippen LogP contribution in [0.1, 0.15) is 61.1 Å². The molecule has 2 heterocycles. The number of ether oxygens (including phenoxy) is 1. The van der Waals surface area contributed by atoms with Gasteiger partial charge in [0.15, 0.2) is 5.82 Å². The molecule has 0 saturated carbocycles. The topological polar surface area (TPSA) is 105 Å². The SMILES string of the molecule is C1CCOCC1.CCC(C)NC(=O)c1[nH]nc(N=C(N)c2ccccc2C)c1Br. The fourth-order valence-electron chi connectivity index (χ4n) is 2.66. The van der Waals surface area contributed by atoms with Crippen molar-refractivity contribution in [1.29, 1.82) is 0 Å². The Balaban J connectivity index is 0.000000426. The molecule has 1 amide bonds. The number of aromatic amines is 1. The Morgan fingerprint density at radius 1 is 1.34 bits per heavy atom. The van der Waals surface area contributed by atoms with Crippen LogP contribution in [0.15, 0.2) is 33.7 Å². The lowest BCUT2D eigenvalue weighted by Gasteiger charge is -2.10. The zero-order valence-electron chi connectivity index (χ0n) is 17.3. The minimum atomic E-state index is -0.227. The maximum atomic E-state index is 12.2. The fourth-order valence-corrected chi connectivity index (χ4v) is 3.11. The molecule has 158 valence electrons. The summed E-state index contributed by atoms with van der Waals surface area (Å²) < 4.78 is 5.56. The predicted molar refractivity (Wildman–Crippen MR) is 120 cm³/mol. The molecule has 1 aromatic heterocycles. The Hall–Kier alpha value is -2.19. The van der Waals surface area contributed by atoms with Crippen molar-refractivity contribution in [2.24, 2.45) is 10.7 Å². The third-order valence-electron chi connectivity index (χ3n) is 4.63. The van der Waals surface area contributed by atoms with Gasteiger partial charge in [-0.2, -0.15) is 5.10 Å². The van der Waals surface area contributed by atoms with Gasteiger partial charge in [0, 0.05) is 24.8 Å². The third-order valence-corrected chi connectivity index (χ3v) is 5.38. The van der Waals surface area contributed by atoms with Gasteiger partial charge in [0.2, 0.25) is 0 Å². The Morgan fingerprint density at radius 2 is 2.03 bits per heavy atom. The Bertz CT molecular complexity index is 819. The van der Waals surface area contributed by atoms with Crippen molar-refractivity contribution in [3.05, 3.63) is 45.6 Å². The van der Waals surface area contributed by atoms with E-state index in [9.17, 15) is 4.79 Å². The molecule has 7 nitrogen and oxygen atoms in total. The van der Waals surface area contributed by atoms with Crippen LogP contribution in [0.5, 0.6) is 0 Å². The lowest BCUT2D eigenvalue weighted by molar-refractivity contribution is 0.0933. The average molecular weight is 464 g/mol. The van der Waals surface area contributed by atoms with Crippen LogP contribution in [-0.2, 0) is 4.74 Å². The molecule has 4 N–H and O–H groups in total. The van der Waals surface area contributed by atoms with Crippen LogP contribution in [0.25, 0.3) is 0 Å². The largest absolute Gasteiger partial charge is 0.383 e. The highest BCUT2D eigenvalue weighted by molar-refractivity contribution is 9.10. The molecular weight excluding hydrogens is 434 g/mol. The van der Waals surface area contributed by atoms with Gasteiger partial charge in [0.1, 0.15) is 11.5 Å². The number of H-pyrrole nitrogens is 1. The quantitative estimate of drug-likeness (QED) is 0.455. The molecule has 1 saturated heterocycles. The number of carbonyl (C=O) groups excluding carboxylic acids is 1. The number of benzene rings is 1. The van der Waals surface area contributed by atoms with Crippen molar-refractivity contribution >= 4 is 33.5 Å². The van der Waals surface area contributed by atoms with E-state index in [1.807, 2.05) is 45.0 Å². The summed E-state index contributed by atoms with van der Waals surface area (Å²) >= 11 is 3.37. The predicted octanol–water partition coefficient (Wildman–Crippen LogP) is 4.23. The maximum absolute atomic E-state index is 12.2. The average Bonchev–Trinajstić information content (AvgIpc) is 3.10. The van der Waals surface area contributed by atoms with Gasteiger partial charge in [-0.05, 0) is 61.0 Å². The van der Waals surface area contributed by atoms with Crippen LogP contribution < -0.4 is 11.1 Å². The molecule has 2 aromatic rings. The second kappa shape index (κ2) is 11.7. The van der Waals surface area contributed by atoms with Crippen LogP contribution in [0.2, 0.25) is 0 Å². The highest BCUT2D eigenvalue weighted by Gasteiger charge is 2.18. The van der Waals surface area contributed by atoms with Crippen LogP contribution in [-0.4, -0.2) is 41.2 Å². The minimum Gasteiger partial charge on any atom is -0.383 e. The van der Waals surface area contributed by atoms with Gasteiger partial charge in [0.25, 0.3) is 5.91 Å². The van der Waals surface area contributed by atoms with Crippen molar-refractivity contribution in [3.63, 3.8) is 0 Å². The molecule has 1 unspecified atom stereocenters. The summed E-state index contributed by atoms with van der Waals surface area (Å²) in [5, 5.41) is 9.64. The number of rotatable bonds is 5. The summed E-state index contributed by atoms with van der Waals surface area (Å²) in [6, 6.07) is 7.78. The van der Waals surface area contributed by atoms with Gasteiger partial charge in [-0.25, -0.2) is 4.99 Å². The first-order valence-electron chi connectivity index (χ1n) is 9.96. The fraction of sp³-hybridized carbons (Fsp3) is 0.476. The third kappa shape index (κ3) is 6.97. The summed E-state index contributed by atoms with van der Waals surface area (Å²) in [7, 11) is 0. The number of aliphatic imine (C=N–C) groups is 1. The van der Waals surface area contributed by atoms with Crippen LogP contribution in [0.3, 0.4) is 0 Å². The number of aryl methyl sites for hydroxylation is 1. The molecule has 1 aromatic carbocycles. The molecule has 0 bridgehead atoms. The number of nitrogens with zero attached hydrogens (tertiary/aromatic N) is 2. The Morgan fingerprint density at radius 3 is 2.59 bits per heavy atom. The number of amides is 1. The summed E-state index contributed by atoms with van der Waals surface area (Å²) in [4.78, 5) is 16.5. The monoisotopic (exact) mass is 463 g/mol. The molecular formula is C21H30BrN5O2. The molecule has 1 atom stereocenters. The van der Waals surface area contributed by atoms with Crippen molar-refractivity contribution in [3.8, 4) is 0 Å². The second-order valence-corrected chi connectivity index (χ2v) is 7.80. The molecule has 3 rings (SSSR count). The van der Waals surface area contributed by atoms with E-state index in [0.29, 0.717) is 21.8 Å². The molecule has 8 heteroatoms. The second-order valence-electron chi connectivity index (χ2n) is 7.00. The van der Waals surface area contributed by atoms with Gasteiger partial charge < -0.3 is 15.8 Å². The number of halogens is 1. The smallest absolute Gasteiger partial charge is 0.270 e. The van der Waals surface area contributed by atoms with Crippen LogP contribution in [0.4, 0.5) is 5.82 Å². The van der Waals surface area contributed by atoms with Crippen molar-refractivity contribution < 1.29 is 9.53 Å². The maximum Gasteiger partial charge on any atom is 0.270 e. The minimum absolute atomic E-state index is 0.0849. The first-order chi connectivity index (χ1) is 13.9. The van der Waals surface area contributed by atoms with E-state index in [0.717, 1.165) is 30.8 Å². The summed E-state index contributed by atoms with van der Waals surface area (Å²) in [6.45, 7) is 7.91. The van der Waals surface area contributed by atoms with Crippen molar-refractivity contribution in [1.82, 2.24) is 15.5 Å². The van der Waals surface area contributed by atoms with E-state index in [1.165, 1.54) is 19.3 Å². The highest BCUT2D eigenvalue weighted by Crippen LogP contribution is 2.27. The number of hydrogen-bond donors (Lipinski definition) is 3. The standard InChI is InChI=1S/C16H20BrN5O.C5H10O/c1-4-10(3)19-16(23)13-12(17)15(22-21-13)20-14(18)11-8-6-5-7-9(11)2;1-2-4-6-5-3-1/h5-8,10H,4H2,1-3H3,(H,19,23)(H3,18,20,21,22);1-5H2. The number of amidine groups is 1. The van der Waals surface area contributed by atoms with Gasteiger partial charge in [-0.15, -0.1) is 0 Å². The van der Waals surface area contributed by atoms with E-state index in [-0.39, 0.29) is 11.9 Å². The number of nitrogens with one attached hydrogen (secondary N) is 2. The number of hydrogen-bond acceptors (Lipinski definition) is 4. The van der Waals surface area contributed by atoms with Gasteiger partial charge >= 0.3 is 0 Å². The number of carbonyl (C=O) groups is 1. The molecule has 1 fully saturated rings. The van der Waals surface area contributed by atoms with E-state index in [4.69, 9.17) is 10.5 Å². The zero-order chi connectivity index (χ0) is 21.2. The first-order valence-corrected chi connectivity index (χ1v) is 10.8. The number of aromatic nitrogens is 2. The number of nitrogens with two attached hydrogens (primary N) is 1. The Labute approximate surface area is 180 Å². The molecule has 1 aliphatic rings. The molecule has 1 aliphatic heterocycles. The normalized spacial score (nSPS) is 15.2. The van der Waals surface area contributed by atoms with Crippen LogP contribution >= 0.6 is 15.9 Å². The van der Waals surface area contributed by atoms with Crippen molar-refractivity contribution in [2.45, 2.75) is 52.5 Å². The lowest BCUT2D eigenvalue weighted by Crippen LogP contribution is -2.32. The molecule has 0 spiro atoms.